The van der Waals surface area contributed by atoms with Crippen LogP contribution in [0.3, 0.4) is 0 Å². The van der Waals surface area contributed by atoms with Crippen molar-refractivity contribution in [3.8, 4) is 24.1 Å². The molecule has 12 nitrogen and oxygen atoms in total. The van der Waals surface area contributed by atoms with Crippen molar-refractivity contribution in [3.63, 3.8) is 0 Å². The van der Waals surface area contributed by atoms with E-state index in [-0.39, 0.29) is 43.0 Å². The van der Waals surface area contributed by atoms with Gasteiger partial charge in [-0.15, -0.1) is 6.42 Å². The van der Waals surface area contributed by atoms with Gasteiger partial charge in [0.1, 0.15) is 30.2 Å². The van der Waals surface area contributed by atoms with Crippen LogP contribution in [0.25, 0.3) is 10.8 Å². The predicted molar refractivity (Wildman–Crippen MR) is 166 cm³/mol. The van der Waals surface area contributed by atoms with Crippen LogP contribution in [-0.4, -0.2) is 109 Å². The Hall–Kier alpha value is -3.71. The van der Waals surface area contributed by atoms with Crippen LogP contribution in [0.4, 0.5) is 14.7 Å². The molecule has 2 bridgehead atoms. The summed E-state index contributed by atoms with van der Waals surface area (Å²) in [6.07, 6.45) is 5.72. The Morgan fingerprint density at radius 1 is 1.11 bits per heavy atom. The fourth-order valence-electron chi connectivity index (χ4n) is 7.98. The molecule has 0 amide bonds. The van der Waals surface area contributed by atoms with E-state index < -0.39 is 29.2 Å². The van der Waals surface area contributed by atoms with E-state index in [1.165, 1.54) is 12.1 Å². The minimum absolute atomic E-state index is 0.0204. The number of terminal acetylenes is 1. The minimum atomic E-state index is -3.26. The second-order valence-electron chi connectivity index (χ2n) is 13.4. The third-order valence-electron chi connectivity index (χ3n) is 10.0. The topological polar surface area (TPSA) is 157 Å². The number of benzene rings is 2. The first kappa shape index (κ1) is 31.9. The van der Waals surface area contributed by atoms with Crippen LogP contribution in [0.15, 0.2) is 24.3 Å². The Bertz CT molecular complexity index is 1720. The number of hydrogen-bond donors (Lipinski definition) is 5. The number of aliphatic hydroxyl groups is 3. The number of aryl methyl sites for hydroxylation is 2. The number of phenols is 1. The predicted octanol–water partition coefficient (Wildman–Crippen LogP) is 1.51. The molecule has 250 valence electrons. The number of ether oxygens (including phenoxy) is 2. The molecule has 47 heavy (non-hydrogen) atoms. The average molecular weight is 653 g/mol. The van der Waals surface area contributed by atoms with Gasteiger partial charge in [-0.05, 0) is 67.8 Å². The zero-order chi connectivity index (χ0) is 33.0. The largest absolute Gasteiger partial charge is 0.508 e. The summed E-state index contributed by atoms with van der Waals surface area (Å²) in [5.74, 6) is 2.67. The van der Waals surface area contributed by atoms with E-state index in [1.54, 1.807) is 12.1 Å². The second kappa shape index (κ2) is 12.1. The number of piperazine rings is 1. The third kappa shape index (κ3) is 6.43. The lowest BCUT2D eigenvalue weighted by molar-refractivity contribution is -0.457. The van der Waals surface area contributed by atoms with Crippen molar-refractivity contribution in [1.82, 2.24) is 25.2 Å². The van der Waals surface area contributed by atoms with Gasteiger partial charge in [-0.3, -0.25) is 4.90 Å². The third-order valence-corrected chi connectivity index (χ3v) is 10.0. The number of anilines is 1. The lowest BCUT2D eigenvalue weighted by atomic mass is 9.95. The molecule has 4 aliphatic rings. The van der Waals surface area contributed by atoms with Crippen LogP contribution >= 0.6 is 0 Å². The molecule has 1 aromatic heterocycles. The van der Waals surface area contributed by atoms with Gasteiger partial charge < -0.3 is 40.1 Å². The van der Waals surface area contributed by atoms with Crippen molar-refractivity contribution in [1.29, 1.82) is 0 Å². The van der Waals surface area contributed by atoms with E-state index in [0.29, 0.717) is 67.0 Å². The normalized spacial score (nSPS) is 27.4. The number of alkyl halides is 1. The van der Waals surface area contributed by atoms with Gasteiger partial charge in [0.25, 0.3) is 0 Å². The summed E-state index contributed by atoms with van der Waals surface area (Å²) >= 11 is 0. The number of phenolic OH excluding ortho intramolecular Hbond substituents is 1. The summed E-state index contributed by atoms with van der Waals surface area (Å²) < 4.78 is 40.3. The Labute approximate surface area is 270 Å². The molecule has 0 radical (unpaired) electrons. The number of aromatic nitrogens is 3. The molecule has 0 aliphatic carbocycles. The van der Waals surface area contributed by atoms with Crippen LogP contribution in [-0.2, 0) is 17.6 Å². The molecule has 4 fully saturated rings. The van der Waals surface area contributed by atoms with Gasteiger partial charge >= 0.3 is 12.2 Å². The Morgan fingerprint density at radius 3 is 2.77 bits per heavy atom. The molecule has 3 unspecified atom stereocenters. The Kier molecular flexibility index (Phi) is 8.18. The molecule has 7 rings (SSSR count). The summed E-state index contributed by atoms with van der Waals surface area (Å²) in [4.78, 5) is 18.2. The first-order chi connectivity index (χ1) is 22.4. The highest BCUT2D eigenvalue weighted by Crippen LogP contribution is 2.40. The molecule has 14 heteroatoms. The Morgan fingerprint density at radius 2 is 1.96 bits per heavy atom. The molecule has 0 saturated carbocycles. The molecule has 3 aromatic rings. The zero-order valence-electron chi connectivity index (χ0n) is 25.8. The molecular formula is C33H38F2N6O6. The van der Waals surface area contributed by atoms with Crippen molar-refractivity contribution in [3.05, 3.63) is 47.0 Å². The van der Waals surface area contributed by atoms with Gasteiger partial charge in [0.05, 0.1) is 23.2 Å². The first-order valence-corrected chi connectivity index (χ1v) is 15.9. The Balaban J connectivity index is 1.19. The van der Waals surface area contributed by atoms with Crippen molar-refractivity contribution < 1.29 is 38.7 Å². The van der Waals surface area contributed by atoms with Gasteiger partial charge in [-0.25, -0.2) is 8.78 Å². The summed E-state index contributed by atoms with van der Waals surface area (Å²) in [5, 5.41) is 43.1. The van der Waals surface area contributed by atoms with Crippen LogP contribution in [0.2, 0.25) is 0 Å². The van der Waals surface area contributed by atoms with Crippen LogP contribution in [0, 0.1) is 18.2 Å². The summed E-state index contributed by atoms with van der Waals surface area (Å²) in [5.41, 5.74) is -0.365. The maximum atomic E-state index is 14.7. The lowest BCUT2D eigenvalue weighted by Crippen LogP contribution is -2.63. The number of aromatic hydroxyl groups is 1. The van der Waals surface area contributed by atoms with Crippen molar-refractivity contribution >= 4 is 16.7 Å². The quantitative estimate of drug-likeness (QED) is 0.159. The molecule has 5 heterocycles. The van der Waals surface area contributed by atoms with Crippen molar-refractivity contribution in [2.24, 2.45) is 0 Å². The fourth-order valence-corrected chi connectivity index (χ4v) is 7.98. The molecule has 0 spiro atoms. The zero-order valence-corrected chi connectivity index (χ0v) is 25.8. The highest BCUT2D eigenvalue weighted by Gasteiger charge is 2.50. The average Bonchev–Trinajstić information content (AvgIpc) is 3.66. The highest BCUT2D eigenvalue weighted by molar-refractivity contribution is 5.92. The van der Waals surface area contributed by atoms with Gasteiger partial charge in [-0.2, -0.15) is 15.0 Å². The van der Waals surface area contributed by atoms with E-state index in [0.717, 1.165) is 25.8 Å². The van der Waals surface area contributed by atoms with E-state index in [4.69, 9.17) is 20.9 Å². The SMILES string of the molecule is C#Cc1c(F)ccc2cc(O)cc(CCc3nc(OC[C@@]45CCCN4CC(F)C5)nc(N4CC5CCC(COC(O)(O)O)(C4)N5)n3)c12. The molecule has 4 saturated heterocycles. The summed E-state index contributed by atoms with van der Waals surface area (Å²) in [6.45, 7) is 2.15. The molecule has 2 aromatic carbocycles. The number of hydrogen-bond acceptors (Lipinski definition) is 12. The fraction of sp³-hybridized carbons (Fsp3) is 0.545. The van der Waals surface area contributed by atoms with Gasteiger partial charge in [0, 0.05) is 43.9 Å². The van der Waals surface area contributed by atoms with E-state index in [2.05, 4.69) is 26.1 Å². The maximum absolute atomic E-state index is 14.7. The van der Waals surface area contributed by atoms with Gasteiger partial charge in [0.2, 0.25) is 5.95 Å². The molecule has 4 atom stereocenters. The van der Waals surface area contributed by atoms with E-state index >= 15 is 0 Å². The maximum Gasteiger partial charge on any atom is 0.405 e. The van der Waals surface area contributed by atoms with Crippen LogP contribution in [0.5, 0.6) is 11.8 Å². The molecular weight excluding hydrogens is 614 g/mol. The molecule has 5 N–H and O–H groups in total. The molecule has 4 aliphatic heterocycles. The van der Waals surface area contributed by atoms with Gasteiger partial charge in [0.15, 0.2) is 0 Å². The lowest BCUT2D eigenvalue weighted by Gasteiger charge is -2.41. The monoisotopic (exact) mass is 652 g/mol. The number of fused-ring (bicyclic) bond motifs is 4. The van der Waals surface area contributed by atoms with Gasteiger partial charge in [-0.1, -0.05) is 12.0 Å². The minimum Gasteiger partial charge on any atom is -0.508 e. The number of nitrogens with zero attached hydrogens (tertiary/aromatic N) is 5. The highest BCUT2D eigenvalue weighted by atomic mass is 19.1. The van der Waals surface area contributed by atoms with E-state index in [1.807, 2.05) is 4.90 Å². The first-order valence-electron chi connectivity index (χ1n) is 15.9. The number of halogens is 2. The standard InChI is InChI=1S/C33H38F2N6O6/c1-2-25-26(35)6-4-20-12-24(42)13-21(28(20)25)5-7-27-36-29(40-16-23-8-10-31(17-40,39-23)18-47-33(43,44)45)38-30(37-27)46-19-32-9-3-11-41(32)15-22(34)14-32/h1,4,6,12-13,22-23,39,42-45H,3,5,7-11,14-19H2/t22?,23?,31?,32-/m0/s1. The summed E-state index contributed by atoms with van der Waals surface area (Å²) in [7, 11) is 0. The van der Waals surface area contributed by atoms with Crippen molar-refractivity contribution in [2.45, 2.75) is 74.4 Å². The second-order valence-corrected chi connectivity index (χ2v) is 13.4. The number of rotatable bonds is 10. The number of nitrogens with one attached hydrogen (secondary N) is 1. The van der Waals surface area contributed by atoms with Crippen LogP contribution < -0.4 is 15.0 Å². The summed E-state index contributed by atoms with van der Waals surface area (Å²) in [6, 6.07) is 6.08. The van der Waals surface area contributed by atoms with Crippen molar-refractivity contribution in [2.75, 3.05) is 44.3 Å². The van der Waals surface area contributed by atoms with Crippen LogP contribution in [0.1, 0.15) is 49.1 Å². The smallest absolute Gasteiger partial charge is 0.405 e. The van der Waals surface area contributed by atoms with E-state index in [9.17, 15) is 29.2 Å².